The number of nitrogens with zero attached hydrogens (tertiary/aromatic N) is 1. The number of anilines is 1. The molecular weight excluding hydrogens is 384 g/mol. The summed E-state index contributed by atoms with van der Waals surface area (Å²) in [5, 5.41) is 0. The number of benzene rings is 2. The summed E-state index contributed by atoms with van der Waals surface area (Å²) >= 11 is 1.27. The summed E-state index contributed by atoms with van der Waals surface area (Å²) in [6, 6.07) is 15.0. The van der Waals surface area contributed by atoms with Gasteiger partial charge in [0.15, 0.2) is 5.78 Å². The molecule has 6 heteroatoms. The molecule has 0 atom stereocenters. The van der Waals surface area contributed by atoms with Crippen molar-refractivity contribution in [1.82, 2.24) is 4.98 Å². The summed E-state index contributed by atoms with van der Waals surface area (Å²) in [7, 11) is 1.58. The number of aromatic nitrogens is 1. The maximum absolute atomic E-state index is 12.4. The number of thiazole rings is 1. The average Bonchev–Trinajstić information content (AvgIpc) is 3.08. The molecule has 0 saturated heterocycles. The quantitative estimate of drug-likeness (QED) is 0.611. The van der Waals surface area contributed by atoms with Crippen molar-refractivity contribution in [2.45, 2.75) is 13.8 Å². The fourth-order valence-corrected chi connectivity index (χ4v) is 3.89. The Labute approximate surface area is 173 Å². The molecule has 0 unspecified atom stereocenters. The lowest BCUT2D eigenvalue weighted by Crippen LogP contribution is -2.21. The Kier molecular flexibility index (Phi) is 6.67. The molecule has 150 valence electrons. The average molecular weight is 409 g/mol. The highest BCUT2D eigenvalue weighted by Gasteiger charge is 2.04. The number of ether oxygens (including phenoxy) is 1. The van der Waals surface area contributed by atoms with Crippen molar-refractivity contribution < 1.29 is 9.53 Å². The van der Waals surface area contributed by atoms with Crippen molar-refractivity contribution in [3.05, 3.63) is 79.2 Å². The lowest BCUT2D eigenvalue weighted by molar-refractivity contribution is 0.106. The van der Waals surface area contributed by atoms with Crippen LogP contribution in [0.3, 0.4) is 0 Å². The highest BCUT2D eigenvalue weighted by atomic mass is 32.1. The molecular formula is C23H24N2O3S. The molecule has 1 N–H and O–H groups in total. The number of rotatable bonds is 7. The number of aromatic amines is 1. The maximum atomic E-state index is 12.4. The number of nitrogens with one attached hydrogen (secondary N) is 1. The van der Waals surface area contributed by atoms with Gasteiger partial charge in [0.25, 0.3) is 5.56 Å². The lowest BCUT2D eigenvalue weighted by atomic mass is 10.1. The number of carbonyl (C=O) groups is 1. The van der Waals surface area contributed by atoms with Crippen LogP contribution < -0.4 is 24.4 Å². The topological polar surface area (TPSA) is 62.4 Å². The van der Waals surface area contributed by atoms with Crippen LogP contribution in [0.1, 0.15) is 29.8 Å². The molecule has 0 fully saturated rings. The van der Waals surface area contributed by atoms with Crippen LogP contribution in [-0.4, -0.2) is 31.0 Å². The second-order valence-corrected chi connectivity index (χ2v) is 7.51. The normalized spacial score (nSPS) is 12.2. The zero-order valence-electron chi connectivity index (χ0n) is 16.8. The minimum Gasteiger partial charge on any atom is -0.497 e. The number of H-pyrrole nitrogens is 1. The highest BCUT2D eigenvalue weighted by Crippen LogP contribution is 2.15. The number of hydrogen-bond donors (Lipinski definition) is 1. The molecule has 1 heterocycles. The number of ketones is 1. The summed E-state index contributed by atoms with van der Waals surface area (Å²) in [6.07, 6.45) is 3.29. The van der Waals surface area contributed by atoms with Crippen LogP contribution in [0.2, 0.25) is 0 Å². The molecule has 0 saturated carbocycles. The Balaban J connectivity index is 1.86. The van der Waals surface area contributed by atoms with Gasteiger partial charge in [-0.05, 0) is 61.9 Å². The van der Waals surface area contributed by atoms with E-state index >= 15 is 0 Å². The molecule has 29 heavy (non-hydrogen) atoms. The summed E-state index contributed by atoms with van der Waals surface area (Å²) in [5.41, 5.74) is 2.45. The van der Waals surface area contributed by atoms with Crippen molar-refractivity contribution in [3.8, 4) is 5.75 Å². The monoisotopic (exact) mass is 408 g/mol. The molecule has 5 nitrogen and oxygen atoms in total. The first-order valence-electron chi connectivity index (χ1n) is 9.50. The molecule has 0 radical (unpaired) electrons. The second kappa shape index (κ2) is 9.39. The zero-order chi connectivity index (χ0) is 20.8. The predicted octanol–water partition coefficient (Wildman–Crippen LogP) is 2.78. The first-order chi connectivity index (χ1) is 14.0. The molecule has 2 aromatic carbocycles. The predicted molar refractivity (Wildman–Crippen MR) is 120 cm³/mol. The third-order valence-corrected chi connectivity index (χ3v) is 5.60. The number of hydrogen-bond acceptors (Lipinski definition) is 5. The van der Waals surface area contributed by atoms with E-state index in [1.165, 1.54) is 17.4 Å². The lowest BCUT2D eigenvalue weighted by Gasteiger charge is -2.20. The Hall–Kier alpha value is -3.12. The van der Waals surface area contributed by atoms with Crippen molar-refractivity contribution in [2.75, 3.05) is 25.1 Å². The smallest absolute Gasteiger partial charge is 0.266 e. The third kappa shape index (κ3) is 5.03. The Morgan fingerprint density at radius 1 is 1.07 bits per heavy atom. The number of Topliss-reactive ketones (excluding diaryl/α,β-unsaturated/α-hetero) is 1. The molecule has 3 aromatic rings. The minimum atomic E-state index is -0.198. The zero-order valence-corrected chi connectivity index (χ0v) is 17.6. The van der Waals surface area contributed by atoms with Crippen molar-refractivity contribution >= 4 is 35.0 Å². The van der Waals surface area contributed by atoms with Crippen molar-refractivity contribution in [1.29, 1.82) is 0 Å². The highest BCUT2D eigenvalue weighted by molar-refractivity contribution is 7.07. The summed E-state index contributed by atoms with van der Waals surface area (Å²) in [4.78, 5) is 29.7. The van der Waals surface area contributed by atoms with E-state index in [1.54, 1.807) is 31.4 Å². The van der Waals surface area contributed by atoms with Gasteiger partial charge in [-0.2, -0.15) is 0 Å². The van der Waals surface area contributed by atoms with Crippen LogP contribution in [0.5, 0.6) is 5.75 Å². The van der Waals surface area contributed by atoms with Gasteiger partial charge in [-0.25, -0.2) is 0 Å². The fourth-order valence-electron chi connectivity index (χ4n) is 3.00. The Morgan fingerprint density at radius 3 is 2.31 bits per heavy atom. The van der Waals surface area contributed by atoms with E-state index < -0.39 is 0 Å². The van der Waals surface area contributed by atoms with E-state index in [9.17, 15) is 9.59 Å². The summed E-state index contributed by atoms with van der Waals surface area (Å²) in [5.74, 6) is 0.523. The molecule has 0 aliphatic rings. The molecule has 1 aromatic heterocycles. The second-order valence-electron chi connectivity index (χ2n) is 6.43. The van der Waals surface area contributed by atoms with Gasteiger partial charge in [-0.1, -0.05) is 12.1 Å². The van der Waals surface area contributed by atoms with Crippen LogP contribution in [0.25, 0.3) is 12.2 Å². The van der Waals surface area contributed by atoms with Gasteiger partial charge in [0, 0.05) is 30.4 Å². The Bertz CT molecular complexity index is 1140. The van der Waals surface area contributed by atoms with E-state index in [-0.39, 0.29) is 11.3 Å². The molecule has 0 aliphatic heterocycles. The SMILES string of the molecule is CCN(CC)c1ccc(/C=c2\s/c(=C\C(=O)c3ccc(OC)cc3)[nH]c2=O)cc1. The first kappa shape index (κ1) is 20.6. The maximum Gasteiger partial charge on any atom is 0.266 e. The summed E-state index contributed by atoms with van der Waals surface area (Å²) < 4.78 is 6.20. The molecule has 0 amide bonds. The van der Waals surface area contributed by atoms with E-state index in [0.717, 1.165) is 24.3 Å². The standard InChI is InChI=1S/C23H24N2O3S/c1-4-25(5-2)18-10-6-16(7-11-18)14-21-23(27)24-22(29-21)15-20(26)17-8-12-19(28-3)13-9-17/h6-15H,4-5H2,1-3H3,(H,24,27)/b21-14-,22-15-. The van der Waals surface area contributed by atoms with Crippen LogP contribution in [-0.2, 0) is 0 Å². The van der Waals surface area contributed by atoms with Crippen LogP contribution >= 0.6 is 11.3 Å². The van der Waals surface area contributed by atoms with Crippen LogP contribution in [0.15, 0.2) is 53.3 Å². The number of carbonyl (C=O) groups excluding carboxylic acids is 1. The molecule has 0 aliphatic carbocycles. The minimum absolute atomic E-state index is 0.166. The molecule has 0 bridgehead atoms. The van der Waals surface area contributed by atoms with Crippen LogP contribution in [0, 0.1) is 0 Å². The van der Waals surface area contributed by atoms with E-state index in [0.29, 0.717) is 20.5 Å². The van der Waals surface area contributed by atoms with Gasteiger partial charge in [-0.3, -0.25) is 9.59 Å². The largest absolute Gasteiger partial charge is 0.497 e. The molecule has 3 rings (SSSR count). The van der Waals surface area contributed by atoms with E-state index in [4.69, 9.17) is 4.74 Å². The van der Waals surface area contributed by atoms with Gasteiger partial charge < -0.3 is 14.6 Å². The fraction of sp³-hybridized carbons (Fsp3) is 0.217. The van der Waals surface area contributed by atoms with E-state index in [2.05, 4.69) is 35.9 Å². The van der Waals surface area contributed by atoms with Gasteiger partial charge in [0.05, 0.1) is 16.3 Å². The third-order valence-electron chi connectivity index (χ3n) is 4.64. The summed E-state index contributed by atoms with van der Waals surface area (Å²) in [6.45, 7) is 6.15. The van der Waals surface area contributed by atoms with Gasteiger partial charge in [0.2, 0.25) is 0 Å². The molecule has 0 spiro atoms. The van der Waals surface area contributed by atoms with Crippen molar-refractivity contribution in [3.63, 3.8) is 0 Å². The Morgan fingerprint density at radius 2 is 1.72 bits per heavy atom. The van der Waals surface area contributed by atoms with Gasteiger partial charge in [0.1, 0.15) is 5.75 Å². The van der Waals surface area contributed by atoms with Gasteiger partial charge >= 0.3 is 0 Å². The van der Waals surface area contributed by atoms with Crippen LogP contribution in [0.4, 0.5) is 5.69 Å². The first-order valence-corrected chi connectivity index (χ1v) is 10.3. The van der Waals surface area contributed by atoms with E-state index in [1.807, 2.05) is 18.2 Å². The number of methoxy groups -OCH3 is 1. The van der Waals surface area contributed by atoms with Gasteiger partial charge in [-0.15, -0.1) is 11.3 Å². The van der Waals surface area contributed by atoms with Crippen molar-refractivity contribution in [2.24, 2.45) is 0 Å².